The van der Waals surface area contributed by atoms with Gasteiger partial charge in [-0.2, -0.15) is 0 Å². The molecule has 0 aliphatic carbocycles. The molecular formula is C55H74N8O20S. The summed E-state index contributed by atoms with van der Waals surface area (Å²) in [6.07, 6.45) is -9.27. The zero-order valence-corrected chi connectivity index (χ0v) is 47.1. The van der Waals surface area contributed by atoms with Crippen molar-refractivity contribution in [2.24, 2.45) is 11.7 Å². The molecule has 14 atom stereocenters. The number of primary amides is 1. The second-order valence-electron chi connectivity index (χ2n) is 21.3. The number of aryl methyl sites for hydroxylation is 1. The minimum Gasteiger partial charge on any atom is -0.504 e. The van der Waals surface area contributed by atoms with Crippen molar-refractivity contribution in [1.29, 1.82) is 0 Å². The minimum atomic E-state index is -2.52. The lowest BCUT2D eigenvalue weighted by molar-refractivity contribution is -0.433. The topological polar surface area (TPSA) is 439 Å². The van der Waals surface area contributed by atoms with Crippen molar-refractivity contribution in [3.05, 3.63) is 83.4 Å². The number of nitrogens with zero attached hydrogens (tertiary/aromatic N) is 2. The van der Waals surface area contributed by atoms with Crippen molar-refractivity contribution in [2.75, 3.05) is 19.6 Å². The second-order valence-corrected chi connectivity index (χ2v) is 21.7. The van der Waals surface area contributed by atoms with E-state index < -0.39 is 183 Å². The number of unbranched alkanes of at least 4 members (excludes halogenated alkanes) is 4. The number of fused-ring (bicyclic) bond motifs is 2. The Labute approximate surface area is 487 Å². The van der Waals surface area contributed by atoms with Gasteiger partial charge < -0.3 is 87.2 Å². The molecule has 0 radical (unpaired) electrons. The van der Waals surface area contributed by atoms with Crippen LogP contribution in [0.15, 0.2) is 66.7 Å². The van der Waals surface area contributed by atoms with Crippen LogP contribution >= 0.6 is 12.3 Å². The number of carbonyl (C=O) groups is 8. The van der Waals surface area contributed by atoms with E-state index in [9.17, 15) is 79.2 Å². The molecule has 3 aromatic rings. The minimum absolute atomic E-state index is 0.0182. The van der Waals surface area contributed by atoms with Crippen molar-refractivity contribution in [3.8, 4) is 22.6 Å². The number of aliphatic hydroxyl groups excluding tert-OH is 7. The van der Waals surface area contributed by atoms with Crippen molar-refractivity contribution in [3.63, 3.8) is 0 Å². The van der Waals surface area contributed by atoms with Crippen molar-refractivity contribution >= 4 is 59.6 Å². The Morgan fingerprint density at radius 3 is 2.04 bits per heavy atom. The Bertz CT molecular complexity index is 2780. The first-order valence-corrected chi connectivity index (χ1v) is 28.1. The lowest BCUT2D eigenvalue weighted by Crippen LogP contribution is -2.64. The molecule has 0 aromatic heterocycles. The first kappa shape index (κ1) is 66.1. The van der Waals surface area contributed by atoms with Gasteiger partial charge in [0.2, 0.25) is 41.4 Å². The van der Waals surface area contributed by atoms with Gasteiger partial charge in [-0.3, -0.25) is 38.4 Å². The van der Waals surface area contributed by atoms with E-state index in [0.717, 1.165) is 71.7 Å². The zero-order valence-electron chi connectivity index (χ0n) is 46.3. The molecule has 28 nitrogen and oxygen atoms in total. The van der Waals surface area contributed by atoms with Crippen LogP contribution in [0.3, 0.4) is 0 Å². The van der Waals surface area contributed by atoms with Gasteiger partial charge in [-0.1, -0.05) is 91.4 Å². The average Bonchev–Trinajstić information content (AvgIpc) is 4.17. The Kier molecular flexibility index (Phi) is 24.1. The van der Waals surface area contributed by atoms with Crippen LogP contribution in [0.5, 0.6) is 11.5 Å². The van der Waals surface area contributed by atoms with Crippen LogP contribution < -0.4 is 36.5 Å². The summed E-state index contributed by atoms with van der Waals surface area (Å²) in [4.78, 5) is 115. The van der Waals surface area contributed by atoms with Gasteiger partial charge in [-0.05, 0) is 66.3 Å². The predicted octanol–water partition coefficient (Wildman–Crippen LogP) is -1.75. The highest BCUT2D eigenvalue weighted by molar-refractivity contribution is 7.90. The van der Waals surface area contributed by atoms with E-state index in [1.807, 2.05) is 24.3 Å². The van der Waals surface area contributed by atoms with Gasteiger partial charge >= 0.3 is 0 Å². The number of hydrogen-bond donors (Lipinski definition) is 15. The maximum atomic E-state index is 14.7. The van der Waals surface area contributed by atoms with E-state index in [-0.39, 0.29) is 23.5 Å². The molecule has 0 saturated carbocycles. The quantitative estimate of drug-likeness (QED) is 0.0258. The summed E-state index contributed by atoms with van der Waals surface area (Å²) in [5.41, 5.74) is 7.92. The zero-order chi connectivity index (χ0) is 61.5. The smallest absolute Gasteiger partial charge is 0.261 e. The molecule has 3 aliphatic heterocycles. The number of phenolic OH excluding ortho intramolecular Hbond substituents is 1. The first-order chi connectivity index (χ1) is 39.9. The maximum Gasteiger partial charge on any atom is 0.261 e. The van der Waals surface area contributed by atoms with Crippen LogP contribution in [0.1, 0.15) is 99.7 Å². The van der Waals surface area contributed by atoms with Crippen LogP contribution in [0, 0.1) is 5.92 Å². The molecule has 3 heterocycles. The fourth-order valence-electron chi connectivity index (χ4n) is 10.3. The number of aromatic hydroxyl groups is 1. The number of carbonyl (C=O) groups excluding carboxylic acids is 8. The van der Waals surface area contributed by atoms with Gasteiger partial charge in [-0.25, -0.2) is 5.26 Å². The highest BCUT2D eigenvalue weighted by atomic mass is 32.2. The maximum absolute atomic E-state index is 14.7. The largest absolute Gasteiger partial charge is 0.504 e. The van der Waals surface area contributed by atoms with E-state index in [0.29, 0.717) is 0 Å². The monoisotopic (exact) mass is 1200 g/mol. The predicted molar refractivity (Wildman–Crippen MR) is 295 cm³/mol. The Morgan fingerprint density at radius 1 is 0.762 bits per heavy atom. The highest BCUT2D eigenvalue weighted by Gasteiger charge is 2.50. The van der Waals surface area contributed by atoms with Gasteiger partial charge in [0.1, 0.15) is 48.5 Å². The molecule has 29 heteroatoms. The summed E-state index contributed by atoms with van der Waals surface area (Å²) >= 11 is -0.0182. The van der Waals surface area contributed by atoms with Crippen LogP contribution in [-0.2, 0) is 49.4 Å². The second kappa shape index (κ2) is 30.7. The Balaban J connectivity index is 1.35. The molecule has 3 fully saturated rings. The fraction of sp³-hybridized carbons (Fsp3) is 0.527. The van der Waals surface area contributed by atoms with E-state index in [1.54, 1.807) is 12.1 Å². The molecule has 3 saturated heterocycles. The summed E-state index contributed by atoms with van der Waals surface area (Å²) in [5, 5.41) is 114. The Morgan fingerprint density at radius 2 is 1.39 bits per heavy atom. The van der Waals surface area contributed by atoms with Gasteiger partial charge in [-0.15, -0.1) is 0 Å². The molecule has 3 aliphatic rings. The molecule has 84 heavy (non-hydrogen) atoms. The molecule has 3 aromatic carbocycles. The summed E-state index contributed by atoms with van der Waals surface area (Å²) in [6, 6.07) is 5.19. The number of phenols is 1. The normalized spacial score (nSPS) is 26.3. The van der Waals surface area contributed by atoms with Crippen LogP contribution in [0.2, 0.25) is 0 Å². The summed E-state index contributed by atoms with van der Waals surface area (Å²) < 4.78 is 9.19. The summed E-state index contributed by atoms with van der Waals surface area (Å²) in [7, 11) is 0. The van der Waals surface area contributed by atoms with Crippen molar-refractivity contribution in [2.45, 2.75) is 158 Å². The SMILES string of the molecule is CCCCCCCc1ccc(-c2ccc(C(=O)N[C@H]3CC(O)CNC(=O)C4C(O)C(C)CN4C(=O)C(C(O)CC(N)=O)NC(=O)C(C(O)C(O)c4ccc(O)c(OSOOO)c4)NC(=O)C4CC(O)CN4C(=O)C(C(C)O)NC3=O)cc2)cc1. The fourth-order valence-corrected chi connectivity index (χ4v) is 10.5. The molecule has 6 rings (SSSR count). The number of nitrogens with one attached hydrogen (secondary N) is 5. The summed E-state index contributed by atoms with van der Waals surface area (Å²) in [6.45, 7) is 2.93. The number of hydrogen-bond acceptors (Lipinski definition) is 21. The highest BCUT2D eigenvalue weighted by Crippen LogP contribution is 2.34. The molecular weight excluding hydrogens is 1120 g/mol. The lowest BCUT2D eigenvalue weighted by Gasteiger charge is -2.34. The molecule has 16 N–H and O–H groups in total. The number of aliphatic hydroxyl groups is 7. The summed E-state index contributed by atoms with van der Waals surface area (Å²) in [5.74, 6) is -11.7. The van der Waals surface area contributed by atoms with E-state index >= 15 is 0 Å². The van der Waals surface area contributed by atoms with Gasteiger partial charge in [0.05, 0.1) is 36.9 Å². The molecule has 0 spiro atoms. The van der Waals surface area contributed by atoms with Gasteiger partial charge in [0, 0.05) is 44.0 Å². The van der Waals surface area contributed by atoms with Crippen molar-refractivity contribution in [1.82, 2.24) is 36.4 Å². The van der Waals surface area contributed by atoms with E-state index in [2.05, 4.69) is 42.9 Å². The van der Waals surface area contributed by atoms with Gasteiger partial charge in [0.25, 0.3) is 18.2 Å². The van der Waals surface area contributed by atoms with E-state index in [1.165, 1.54) is 37.5 Å². The van der Waals surface area contributed by atoms with Gasteiger partial charge in [0.15, 0.2) is 11.5 Å². The van der Waals surface area contributed by atoms with Crippen molar-refractivity contribution < 1.29 is 98.0 Å². The third-order valence-corrected chi connectivity index (χ3v) is 15.3. The number of nitrogens with two attached hydrogens (primary N) is 1. The van der Waals surface area contributed by atoms with Crippen LogP contribution in [0.4, 0.5) is 0 Å². The standard InChI is InChI=1S/C55H74N8O20S/c1-4-5-6-7-8-9-29-10-12-30(13-11-29)31-14-16-32(17-15-31)49(73)58-36-21-34(65)24-57-53(77)45-46(70)27(2)25-63(45)55(79)43(39(68)23-41(56)69)60-52(76)44(48(72)47(71)33-18-19-38(67)40(20-33)81-84-83-82-80)61-51(75)37-22-35(66)26-62(37)54(78)42(28(3)64)59-50(36)74/h10-20,27-28,34-37,39,42-48,64-68,70-72,80H,4-9,21-26H2,1-3H3,(H2,56,69)(H,57,77)(H,58,73)(H,59,74)(H,60,76)(H,61,75)/t27?,28?,34?,35?,36-,37?,39?,42?,43?,44?,45?,46?,47?,48?/m0/s1. The Hall–Kier alpha value is -7.03. The number of amides is 8. The van der Waals surface area contributed by atoms with Crippen LogP contribution in [-0.4, -0.2) is 196 Å². The first-order valence-electron chi connectivity index (χ1n) is 27.4. The lowest BCUT2D eigenvalue weighted by atomic mass is 9.96. The molecule has 13 unspecified atom stereocenters. The third kappa shape index (κ3) is 17.1. The molecule has 460 valence electrons. The number of β-amino-alcohol motifs (C(OH)–C–C–N with tert-alkyl or cyclic N) is 1. The van der Waals surface area contributed by atoms with Crippen LogP contribution in [0.25, 0.3) is 11.1 Å². The average molecular weight is 1200 g/mol. The molecule has 8 amide bonds. The third-order valence-electron chi connectivity index (χ3n) is 14.9. The number of benzene rings is 3. The molecule has 0 bridgehead atoms. The van der Waals surface area contributed by atoms with E-state index in [4.69, 9.17) is 15.2 Å². The number of rotatable bonds is 20.